The maximum absolute atomic E-state index is 4.86. The Kier molecular flexibility index (Phi) is 3.86. The predicted molar refractivity (Wildman–Crippen MR) is 92.5 cm³/mol. The summed E-state index contributed by atoms with van der Waals surface area (Å²) in [5, 5.41) is 7.17. The summed E-state index contributed by atoms with van der Waals surface area (Å²) in [6.07, 6.45) is 7.54. The average Bonchev–Trinajstić information content (AvgIpc) is 3.29. The van der Waals surface area contributed by atoms with Crippen molar-refractivity contribution < 1.29 is 0 Å². The molecule has 3 aromatic rings. The third-order valence-electron chi connectivity index (χ3n) is 3.88. The van der Waals surface area contributed by atoms with Gasteiger partial charge in [-0.3, -0.25) is 0 Å². The fourth-order valence-corrected chi connectivity index (χ4v) is 4.05. The molecule has 0 N–H and O–H groups in total. The zero-order valence-corrected chi connectivity index (χ0v) is 13.7. The van der Waals surface area contributed by atoms with Crippen molar-refractivity contribution in [1.29, 1.82) is 0 Å². The summed E-state index contributed by atoms with van der Waals surface area (Å²) < 4.78 is 0. The molecule has 112 valence electrons. The average molecular weight is 328 g/mol. The summed E-state index contributed by atoms with van der Waals surface area (Å²) in [6, 6.07) is 2.11. The highest BCUT2D eigenvalue weighted by Crippen LogP contribution is 2.33. The molecule has 22 heavy (non-hydrogen) atoms. The highest BCUT2D eigenvalue weighted by atomic mass is 32.1. The number of nitrogens with zero attached hydrogens (tertiary/aromatic N) is 4. The lowest BCUT2D eigenvalue weighted by Crippen LogP contribution is -2.31. The third-order valence-corrected chi connectivity index (χ3v) is 5.35. The van der Waals surface area contributed by atoms with Crippen LogP contribution in [0.25, 0.3) is 21.8 Å². The molecule has 0 saturated carbocycles. The summed E-state index contributed by atoms with van der Waals surface area (Å²) in [4.78, 5) is 16.2. The van der Waals surface area contributed by atoms with Crippen LogP contribution in [-0.2, 0) is 0 Å². The van der Waals surface area contributed by atoms with E-state index in [2.05, 4.69) is 31.7 Å². The first-order valence-corrected chi connectivity index (χ1v) is 9.28. The molecular formula is C16H16N4S2. The largest absolute Gasteiger partial charge is 0.341 e. The number of hydrogen-bond acceptors (Lipinski definition) is 6. The van der Waals surface area contributed by atoms with Gasteiger partial charge in [-0.05, 0) is 41.7 Å². The number of thiazole rings is 1. The van der Waals surface area contributed by atoms with Crippen molar-refractivity contribution in [3.05, 3.63) is 34.6 Å². The fourth-order valence-electron chi connectivity index (χ4n) is 2.75. The van der Waals surface area contributed by atoms with Crippen LogP contribution < -0.4 is 4.90 Å². The van der Waals surface area contributed by atoms with Crippen molar-refractivity contribution in [3.8, 4) is 21.8 Å². The van der Waals surface area contributed by atoms with E-state index in [0.717, 1.165) is 35.3 Å². The summed E-state index contributed by atoms with van der Waals surface area (Å²) in [6.45, 7) is 2.10. The summed E-state index contributed by atoms with van der Waals surface area (Å²) >= 11 is 3.32. The van der Waals surface area contributed by atoms with Gasteiger partial charge in [0.05, 0.1) is 0 Å². The van der Waals surface area contributed by atoms with Gasteiger partial charge in [0, 0.05) is 36.4 Å². The van der Waals surface area contributed by atoms with E-state index in [9.17, 15) is 0 Å². The van der Waals surface area contributed by atoms with Crippen LogP contribution in [0, 0.1) is 0 Å². The van der Waals surface area contributed by atoms with Gasteiger partial charge in [-0.1, -0.05) is 0 Å². The lowest BCUT2D eigenvalue weighted by atomic mass is 10.1. The van der Waals surface area contributed by atoms with Gasteiger partial charge >= 0.3 is 0 Å². The van der Waals surface area contributed by atoms with Crippen molar-refractivity contribution >= 4 is 28.6 Å². The molecule has 1 saturated heterocycles. The van der Waals surface area contributed by atoms with Gasteiger partial charge in [0.25, 0.3) is 0 Å². The van der Waals surface area contributed by atoms with Gasteiger partial charge in [0.1, 0.15) is 10.7 Å². The first-order chi connectivity index (χ1) is 10.9. The quantitative estimate of drug-likeness (QED) is 0.718. The Morgan fingerprint density at radius 3 is 2.68 bits per heavy atom. The van der Waals surface area contributed by atoms with E-state index in [1.807, 2.05) is 17.8 Å². The third kappa shape index (κ3) is 2.64. The Balaban J connectivity index is 1.79. The molecule has 3 aromatic heterocycles. The molecule has 1 aliphatic heterocycles. The Bertz CT molecular complexity index is 732. The van der Waals surface area contributed by atoms with Crippen LogP contribution in [0.3, 0.4) is 0 Å². The van der Waals surface area contributed by atoms with E-state index in [-0.39, 0.29) is 0 Å². The maximum atomic E-state index is 4.86. The summed E-state index contributed by atoms with van der Waals surface area (Å²) in [5.41, 5.74) is 3.18. The van der Waals surface area contributed by atoms with Crippen molar-refractivity contribution in [2.24, 2.45) is 0 Å². The Morgan fingerprint density at radius 2 is 1.95 bits per heavy atom. The van der Waals surface area contributed by atoms with Crippen LogP contribution in [0.1, 0.15) is 19.3 Å². The van der Waals surface area contributed by atoms with E-state index in [4.69, 9.17) is 4.98 Å². The van der Waals surface area contributed by atoms with Crippen LogP contribution in [-0.4, -0.2) is 28.0 Å². The van der Waals surface area contributed by atoms with Crippen LogP contribution in [0.2, 0.25) is 0 Å². The molecule has 0 aliphatic carbocycles. The number of aromatic nitrogens is 3. The first-order valence-electron chi connectivity index (χ1n) is 7.46. The lowest BCUT2D eigenvalue weighted by Gasteiger charge is -2.27. The molecule has 0 atom stereocenters. The maximum Gasteiger partial charge on any atom is 0.225 e. The van der Waals surface area contributed by atoms with Gasteiger partial charge in [0.15, 0.2) is 0 Å². The standard InChI is InChI=1S/C16H16N4S2/c1-2-6-20(7-3-1)16-18-10-13(12-4-8-21-11-12)14(19-16)15-17-5-9-22-15/h4-5,8-11H,1-3,6-7H2. The highest BCUT2D eigenvalue weighted by molar-refractivity contribution is 7.13. The van der Waals surface area contributed by atoms with Crippen LogP contribution >= 0.6 is 22.7 Å². The topological polar surface area (TPSA) is 41.9 Å². The summed E-state index contributed by atoms with van der Waals surface area (Å²) in [7, 11) is 0. The van der Waals surface area contributed by atoms with E-state index >= 15 is 0 Å². The highest BCUT2D eigenvalue weighted by Gasteiger charge is 2.18. The summed E-state index contributed by atoms with van der Waals surface area (Å²) in [5.74, 6) is 0.837. The molecule has 0 aromatic carbocycles. The van der Waals surface area contributed by atoms with E-state index < -0.39 is 0 Å². The van der Waals surface area contributed by atoms with E-state index in [0.29, 0.717) is 0 Å². The lowest BCUT2D eigenvalue weighted by molar-refractivity contribution is 0.568. The zero-order chi connectivity index (χ0) is 14.8. The minimum Gasteiger partial charge on any atom is -0.341 e. The number of piperidine rings is 1. The van der Waals surface area contributed by atoms with E-state index in [1.165, 1.54) is 24.8 Å². The first kappa shape index (κ1) is 13.8. The van der Waals surface area contributed by atoms with Gasteiger partial charge in [-0.2, -0.15) is 11.3 Å². The van der Waals surface area contributed by atoms with Crippen molar-refractivity contribution in [1.82, 2.24) is 15.0 Å². The molecule has 1 fully saturated rings. The molecular weight excluding hydrogens is 312 g/mol. The molecule has 0 bridgehead atoms. The second-order valence-electron chi connectivity index (χ2n) is 5.33. The molecule has 6 heteroatoms. The second-order valence-corrected chi connectivity index (χ2v) is 7.00. The molecule has 0 unspecified atom stereocenters. The van der Waals surface area contributed by atoms with Crippen molar-refractivity contribution in [2.45, 2.75) is 19.3 Å². The van der Waals surface area contributed by atoms with Crippen LogP contribution in [0.15, 0.2) is 34.6 Å². The smallest absolute Gasteiger partial charge is 0.225 e. The Morgan fingerprint density at radius 1 is 1.05 bits per heavy atom. The Labute approximate surface area is 137 Å². The minimum absolute atomic E-state index is 0.837. The Hall–Kier alpha value is -1.79. The number of hydrogen-bond donors (Lipinski definition) is 0. The van der Waals surface area contributed by atoms with Crippen LogP contribution in [0.4, 0.5) is 5.95 Å². The zero-order valence-electron chi connectivity index (χ0n) is 12.1. The molecule has 0 radical (unpaired) electrons. The van der Waals surface area contributed by atoms with Gasteiger partial charge in [-0.25, -0.2) is 15.0 Å². The predicted octanol–water partition coefficient (Wildman–Crippen LogP) is 4.32. The molecule has 4 nitrogen and oxygen atoms in total. The van der Waals surface area contributed by atoms with Gasteiger partial charge < -0.3 is 4.90 Å². The normalized spacial score (nSPS) is 15.2. The van der Waals surface area contributed by atoms with Crippen molar-refractivity contribution in [3.63, 3.8) is 0 Å². The number of thiophene rings is 1. The minimum atomic E-state index is 0.837. The number of anilines is 1. The monoisotopic (exact) mass is 328 g/mol. The second kappa shape index (κ2) is 6.14. The molecule has 4 rings (SSSR count). The van der Waals surface area contributed by atoms with Crippen LogP contribution in [0.5, 0.6) is 0 Å². The van der Waals surface area contributed by atoms with Crippen molar-refractivity contribution in [2.75, 3.05) is 18.0 Å². The fraction of sp³-hybridized carbons (Fsp3) is 0.312. The van der Waals surface area contributed by atoms with Gasteiger partial charge in [0.2, 0.25) is 5.95 Å². The SMILES string of the molecule is c1csc(-c2nc(N3CCCCC3)ncc2-c2ccsc2)n1. The molecule has 1 aliphatic rings. The van der Waals surface area contributed by atoms with E-state index in [1.54, 1.807) is 22.7 Å². The van der Waals surface area contributed by atoms with Gasteiger partial charge in [-0.15, -0.1) is 11.3 Å². The number of rotatable bonds is 3. The molecule has 4 heterocycles. The molecule has 0 amide bonds. The molecule has 0 spiro atoms.